The first-order valence-corrected chi connectivity index (χ1v) is 4.22. The molecule has 0 saturated heterocycles. The maximum Gasteiger partial charge on any atom is 0.308 e. The van der Waals surface area contributed by atoms with Gasteiger partial charge in [0.2, 0.25) is 0 Å². The highest BCUT2D eigenvalue weighted by atomic mass is 16.5. The Morgan fingerprint density at radius 1 is 1.42 bits per heavy atom. The van der Waals surface area contributed by atoms with Crippen molar-refractivity contribution in [2.45, 2.75) is 39.2 Å². The van der Waals surface area contributed by atoms with Crippen LogP contribution in [0.15, 0.2) is 0 Å². The van der Waals surface area contributed by atoms with E-state index in [-0.39, 0.29) is 5.97 Å². The summed E-state index contributed by atoms with van der Waals surface area (Å²) in [5.74, 6) is -0.191. The molecule has 0 atom stereocenters. The van der Waals surface area contributed by atoms with Gasteiger partial charge >= 0.3 is 5.97 Å². The Labute approximate surface area is 74.0 Å². The second kappa shape index (κ2) is 5.14. The van der Waals surface area contributed by atoms with E-state index in [9.17, 15) is 4.79 Å². The van der Waals surface area contributed by atoms with E-state index >= 15 is 0 Å². The first-order valence-electron chi connectivity index (χ1n) is 4.22. The lowest BCUT2D eigenvalue weighted by molar-refractivity contribution is -0.149. The van der Waals surface area contributed by atoms with Crippen LogP contribution in [0.5, 0.6) is 0 Å². The van der Waals surface area contributed by atoms with Crippen molar-refractivity contribution in [1.82, 2.24) is 0 Å². The third-order valence-corrected chi connectivity index (χ3v) is 1.59. The fraction of sp³-hybridized carbons (Fsp3) is 0.889. The maximum absolute atomic E-state index is 11.1. The Morgan fingerprint density at radius 3 is 2.42 bits per heavy atom. The van der Waals surface area contributed by atoms with Crippen LogP contribution in [0.25, 0.3) is 0 Å². The minimum atomic E-state index is -0.412. The van der Waals surface area contributed by atoms with Gasteiger partial charge in [0.05, 0.1) is 18.6 Å². The number of carbonyl (C=O) groups excluding carboxylic acids is 1. The van der Waals surface area contributed by atoms with Gasteiger partial charge in [0.1, 0.15) is 0 Å². The van der Waals surface area contributed by atoms with Crippen LogP contribution in [0.1, 0.15) is 33.6 Å². The molecular formula is C9H18O3. The molecule has 0 aliphatic rings. The Morgan fingerprint density at radius 2 is 2.00 bits per heavy atom. The molecule has 0 spiro atoms. The van der Waals surface area contributed by atoms with E-state index in [4.69, 9.17) is 9.47 Å². The number of methoxy groups -OCH3 is 1. The maximum atomic E-state index is 11.1. The number of esters is 1. The van der Waals surface area contributed by atoms with Gasteiger partial charge in [-0.25, -0.2) is 0 Å². The van der Waals surface area contributed by atoms with Gasteiger partial charge in [-0.05, 0) is 20.3 Å². The van der Waals surface area contributed by atoms with Crippen molar-refractivity contribution < 1.29 is 14.3 Å². The molecule has 0 aliphatic heterocycles. The van der Waals surface area contributed by atoms with Gasteiger partial charge in [-0.15, -0.1) is 0 Å². The summed E-state index contributed by atoms with van der Waals surface area (Å²) in [7, 11) is 1.59. The van der Waals surface area contributed by atoms with Crippen molar-refractivity contribution >= 4 is 5.97 Å². The van der Waals surface area contributed by atoms with Gasteiger partial charge in [0.25, 0.3) is 0 Å². The largest absolute Gasteiger partial charge is 0.466 e. The summed E-state index contributed by atoms with van der Waals surface area (Å²) in [6.07, 6.45) is 1.17. The molecule has 0 unspecified atom stereocenters. The number of carbonyl (C=O) groups is 1. The van der Waals surface area contributed by atoms with Crippen LogP contribution in [0.4, 0.5) is 0 Å². The number of rotatable bonds is 5. The molecular weight excluding hydrogens is 156 g/mol. The third kappa shape index (κ3) is 5.13. The molecule has 0 heterocycles. The third-order valence-electron chi connectivity index (χ3n) is 1.59. The number of ether oxygens (including phenoxy) is 2. The molecule has 3 heteroatoms. The molecule has 0 amide bonds. The van der Waals surface area contributed by atoms with E-state index in [2.05, 4.69) is 0 Å². The lowest BCUT2D eigenvalue weighted by Gasteiger charge is -2.21. The predicted molar refractivity (Wildman–Crippen MR) is 47.0 cm³/mol. The molecule has 0 aromatic heterocycles. The summed E-state index contributed by atoms with van der Waals surface area (Å²) in [6.45, 7) is 6.19. The van der Waals surface area contributed by atoms with E-state index in [1.165, 1.54) is 0 Å². The number of hydrogen-bond donors (Lipinski definition) is 0. The van der Waals surface area contributed by atoms with Crippen molar-refractivity contribution in [1.29, 1.82) is 0 Å². The summed E-state index contributed by atoms with van der Waals surface area (Å²) < 4.78 is 10.00. The zero-order valence-electron chi connectivity index (χ0n) is 8.35. The highest BCUT2D eigenvalue weighted by Crippen LogP contribution is 2.13. The lowest BCUT2D eigenvalue weighted by atomic mass is 10.1. The van der Waals surface area contributed by atoms with Crippen LogP contribution in [0.2, 0.25) is 0 Å². The second-order valence-electron chi connectivity index (χ2n) is 3.36. The average Bonchev–Trinajstić information content (AvgIpc) is 2.00. The van der Waals surface area contributed by atoms with Crippen molar-refractivity contribution in [2.75, 3.05) is 13.7 Å². The van der Waals surface area contributed by atoms with Gasteiger partial charge in [-0.2, -0.15) is 0 Å². The first-order chi connectivity index (χ1) is 5.52. The van der Waals surface area contributed by atoms with E-state index < -0.39 is 5.60 Å². The molecule has 0 aliphatic carbocycles. The topological polar surface area (TPSA) is 35.5 Å². The highest BCUT2D eigenvalue weighted by molar-refractivity contribution is 5.70. The van der Waals surface area contributed by atoms with Crippen molar-refractivity contribution in [3.63, 3.8) is 0 Å². The SMILES string of the molecule is CCCOC(=O)CC(C)(C)OC. The van der Waals surface area contributed by atoms with Crippen LogP contribution in [-0.2, 0) is 14.3 Å². The van der Waals surface area contributed by atoms with E-state index in [1.807, 2.05) is 20.8 Å². The molecule has 0 aromatic carbocycles. The first kappa shape index (κ1) is 11.4. The summed E-state index contributed by atoms with van der Waals surface area (Å²) in [4.78, 5) is 11.1. The molecule has 0 bridgehead atoms. The van der Waals surface area contributed by atoms with E-state index in [0.29, 0.717) is 13.0 Å². The van der Waals surface area contributed by atoms with E-state index in [0.717, 1.165) is 6.42 Å². The minimum Gasteiger partial charge on any atom is -0.466 e. The molecule has 0 saturated carbocycles. The summed E-state index contributed by atoms with van der Waals surface area (Å²) in [5.41, 5.74) is -0.412. The quantitative estimate of drug-likeness (QED) is 0.596. The second-order valence-corrected chi connectivity index (χ2v) is 3.36. The molecule has 0 fully saturated rings. The van der Waals surface area contributed by atoms with Crippen LogP contribution in [-0.4, -0.2) is 25.3 Å². The van der Waals surface area contributed by atoms with Crippen LogP contribution in [0.3, 0.4) is 0 Å². The molecule has 0 aromatic rings. The van der Waals surface area contributed by atoms with E-state index in [1.54, 1.807) is 7.11 Å². The van der Waals surface area contributed by atoms with Gasteiger partial charge in [-0.1, -0.05) is 6.92 Å². The molecule has 0 radical (unpaired) electrons. The van der Waals surface area contributed by atoms with Crippen molar-refractivity contribution in [2.24, 2.45) is 0 Å². The zero-order valence-corrected chi connectivity index (χ0v) is 8.35. The van der Waals surface area contributed by atoms with Gasteiger partial charge in [-0.3, -0.25) is 4.79 Å². The molecule has 3 nitrogen and oxygen atoms in total. The lowest BCUT2D eigenvalue weighted by Crippen LogP contribution is -2.27. The van der Waals surface area contributed by atoms with Crippen LogP contribution >= 0.6 is 0 Å². The summed E-state index contributed by atoms with van der Waals surface area (Å²) in [6, 6.07) is 0. The van der Waals surface area contributed by atoms with Crippen LogP contribution < -0.4 is 0 Å². The Kier molecular flexibility index (Phi) is 4.90. The zero-order chi connectivity index (χ0) is 9.61. The molecule has 0 rings (SSSR count). The Hall–Kier alpha value is -0.570. The Balaban J connectivity index is 3.68. The van der Waals surface area contributed by atoms with Crippen molar-refractivity contribution in [3.05, 3.63) is 0 Å². The predicted octanol–water partition coefficient (Wildman–Crippen LogP) is 1.75. The highest BCUT2D eigenvalue weighted by Gasteiger charge is 2.21. The summed E-state index contributed by atoms with van der Waals surface area (Å²) >= 11 is 0. The average molecular weight is 174 g/mol. The van der Waals surface area contributed by atoms with Gasteiger partial charge in [0, 0.05) is 7.11 Å². The van der Waals surface area contributed by atoms with Crippen LogP contribution in [0, 0.1) is 0 Å². The van der Waals surface area contributed by atoms with Gasteiger partial charge in [0.15, 0.2) is 0 Å². The minimum absolute atomic E-state index is 0.191. The standard InChI is InChI=1S/C9H18O3/c1-5-6-12-8(10)7-9(2,3)11-4/h5-7H2,1-4H3. The number of hydrogen-bond acceptors (Lipinski definition) is 3. The molecule has 0 N–H and O–H groups in total. The monoisotopic (exact) mass is 174 g/mol. The normalized spacial score (nSPS) is 11.3. The fourth-order valence-electron chi connectivity index (χ4n) is 0.687. The Bertz CT molecular complexity index is 141. The van der Waals surface area contributed by atoms with Gasteiger partial charge < -0.3 is 9.47 Å². The molecule has 12 heavy (non-hydrogen) atoms. The fourth-order valence-corrected chi connectivity index (χ4v) is 0.687. The van der Waals surface area contributed by atoms with Crippen molar-refractivity contribution in [3.8, 4) is 0 Å². The smallest absolute Gasteiger partial charge is 0.308 e. The summed E-state index contributed by atoms with van der Waals surface area (Å²) in [5, 5.41) is 0. The molecule has 72 valence electrons.